The van der Waals surface area contributed by atoms with Gasteiger partial charge in [-0.1, -0.05) is 52.0 Å². The second kappa shape index (κ2) is 7.78. The van der Waals surface area contributed by atoms with E-state index < -0.39 is 0 Å². The number of rotatable bonds is 5. The molecule has 2 aromatic carbocycles. The average Bonchev–Trinajstić information content (AvgIpc) is 3.01. The smallest absolute Gasteiger partial charge is 0.170 e. The molecule has 2 aromatic heterocycles. The Labute approximate surface area is 167 Å². The van der Waals surface area contributed by atoms with E-state index in [0.29, 0.717) is 38.7 Å². The molecule has 0 amide bonds. The molecular weight excluding hydrogens is 432 g/mol. The van der Waals surface area contributed by atoms with E-state index in [0.717, 1.165) is 5.52 Å². The minimum absolute atomic E-state index is 0.246. The zero-order chi connectivity index (χ0) is 18.8. The molecule has 0 atom stereocenters. The summed E-state index contributed by atoms with van der Waals surface area (Å²) in [5.74, 6) is -0.115. The lowest BCUT2D eigenvalue weighted by atomic mass is 10.2. The molecule has 0 aliphatic heterocycles. The monoisotopic (exact) mass is 445 g/mol. The predicted molar refractivity (Wildman–Crippen MR) is 107 cm³/mol. The number of imidazole rings is 1. The Hall–Kier alpha value is -2.25. The van der Waals surface area contributed by atoms with Crippen molar-refractivity contribution in [2.45, 2.75) is 17.5 Å². The number of hydrogen-bond acceptors (Lipinski definition) is 3. The van der Waals surface area contributed by atoms with Gasteiger partial charge in [0, 0.05) is 22.0 Å². The number of benzene rings is 2. The molecule has 0 radical (unpaired) electrons. The van der Waals surface area contributed by atoms with Crippen molar-refractivity contribution in [3.8, 4) is 0 Å². The summed E-state index contributed by atoms with van der Waals surface area (Å²) in [6.45, 7) is 0.298. The van der Waals surface area contributed by atoms with Gasteiger partial charge in [0.25, 0.3) is 0 Å². The Morgan fingerprint density at radius 2 is 1.81 bits per heavy atom. The second-order valence-electron chi connectivity index (χ2n) is 5.94. The summed E-state index contributed by atoms with van der Waals surface area (Å²) in [4.78, 5) is 9.01. The zero-order valence-electron chi connectivity index (χ0n) is 14.1. The van der Waals surface area contributed by atoms with Crippen molar-refractivity contribution < 1.29 is 8.78 Å². The Morgan fingerprint density at radius 1 is 0.963 bits per heavy atom. The number of pyridine rings is 1. The van der Waals surface area contributed by atoms with Crippen molar-refractivity contribution in [1.29, 1.82) is 0 Å². The number of hydrogen-bond donors (Lipinski definition) is 0. The summed E-state index contributed by atoms with van der Waals surface area (Å²) >= 11 is 4.68. The first-order chi connectivity index (χ1) is 13.1. The fourth-order valence-corrected chi connectivity index (χ4v) is 4.09. The summed E-state index contributed by atoms with van der Waals surface area (Å²) in [5, 5.41) is 0.675. The summed E-state index contributed by atoms with van der Waals surface area (Å²) in [6, 6.07) is 15.3. The molecule has 4 aromatic rings. The SMILES string of the molecule is Fc1ccccc1CSc1nc2cccnc2n1Cc1ccc(Br)cc1F. The lowest BCUT2D eigenvalue weighted by molar-refractivity contribution is 0.592. The van der Waals surface area contributed by atoms with Crippen LogP contribution in [0.15, 0.2) is 70.4 Å². The van der Waals surface area contributed by atoms with Crippen LogP contribution in [-0.2, 0) is 12.3 Å². The van der Waals surface area contributed by atoms with Crippen LogP contribution in [0.5, 0.6) is 0 Å². The third kappa shape index (κ3) is 3.89. The molecule has 136 valence electrons. The van der Waals surface area contributed by atoms with Crippen molar-refractivity contribution in [2.75, 3.05) is 0 Å². The van der Waals surface area contributed by atoms with E-state index in [1.807, 2.05) is 16.7 Å². The Bertz CT molecular complexity index is 1110. The number of nitrogens with zero attached hydrogens (tertiary/aromatic N) is 3. The standard InChI is InChI=1S/C20H14BrF2N3S/c21-15-8-7-13(17(23)10-15)11-26-19-18(6-3-9-24-19)25-20(26)27-12-14-4-1-2-5-16(14)22/h1-10H,11-12H2. The quantitative estimate of drug-likeness (QED) is 0.363. The van der Waals surface area contributed by atoms with E-state index in [-0.39, 0.29) is 11.6 Å². The molecule has 27 heavy (non-hydrogen) atoms. The maximum absolute atomic E-state index is 14.3. The highest BCUT2D eigenvalue weighted by Gasteiger charge is 2.15. The zero-order valence-corrected chi connectivity index (χ0v) is 16.5. The molecule has 0 bridgehead atoms. The van der Waals surface area contributed by atoms with Crippen LogP contribution in [0.1, 0.15) is 11.1 Å². The molecule has 7 heteroatoms. The fourth-order valence-electron chi connectivity index (χ4n) is 2.77. The van der Waals surface area contributed by atoms with Crippen LogP contribution < -0.4 is 0 Å². The van der Waals surface area contributed by atoms with Gasteiger partial charge < -0.3 is 0 Å². The van der Waals surface area contributed by atoms with Crippen molar-refractivity contribution in [3.63, 3.8) is 0 Å². The molecule has 0 unspecified atom stereocenters. The van der Waals surface area contributed by atoms with Gasteiger partial charge >= 0.3 is 0 Å². The summed E-state index contributed by atoms with van der Waals surface area (Å²) < 4.78 is 30.8. The van der Waals surface area contributed by atoms with E-state index in [4.69, 9.17) is 0 Å². The van der Waals surface area contributed by atoms with Gasteiger partial charge in [0.2, 0.25) is 0 Å². The molecule has 2 heterocycles. The Balaban J connectivity index is 1.70. The number of thioether (sulfide) groups is 1. The van der Waals surface area contributed by atoms with E-state index in [2.05, 4.69) is 25.9 Å². The lowest BCUT2D eigenvalue weighted by Gasteiger charge is -2.10. The van der Waals surface area contributed by atoms with E-state index in [1.165, 1.54) is 23.9 Å². The molecule has 0 aliphatic carbocycles. The Morgan fingerprint density at radius 3 is 2.63 bits per heavy atom. The largest absolute Gasteiger partial charge is 0.299 e. The maximum Gasteiger partial charge on any atom is 0.170 e. The molecule has 4 rings (SSSR count). The van der Waals surface area contributed by atoms with Crippen LogP contribution in [0, 0.1) is 11.6 Å². The lowest BCUT2D eigenvalue weighted by Crippen LogP contribution is -2.04. The van der Waals surface area contributed by atoms with E-state index >= 15 is 0 Å². The maximum atomic E-state index is 14.3. The minimum Gasteiger partial charge on any atom is -0.299 e. The number of halogens is 3. The van der Waals surface area contributed by atoms with Gasteiger partial charge in [-0.25, -0.2) is 18.7 Å². The first-order valence-corrected chi connectivity index (χ1v) is 10.0. The third-order valence-electron chi connectivity index (χ3n) is 4.13. The highest BCUT2D eigenvalue weighted by atomic mass is 79.9. The van der Waals surface area contributed by atoms with Gasteiger partial charge in [0.1, 0.15) is 17.2 Å². The second-order valence-corrected chi connectivity index (χ2v) is 7.80. The van der Waals surface area contributed by atoms with Gasteiger partial charge in [0.05, 0.1) is 6.54 Å². The first-order valence-electron chi connectivity index (χ1n) is 8.23. The van der Waals surface area contributed by atoms with Gasteiger partial charge in [-0.05, 0) is 35.9 Å². The molecule has 0 fully saturated rings. The number of aromatic nitrogens is 3. The molecular formula is C20H14BrF2N3S. The number of fused-ring (bicyclic) bond motifs is 1. The third-order valence-corrected chi connectivity index (χ3v) is 5.65. The summed E-state index contributed by atoms with van der Waals surface area (Å²) in [6.07, 6.45) is 1.68. The predicted octanol–water partition coefficient (Wildman–Crippen LogP) is 5.81. The van der Waals surface area contributed by atoms with Crippen LogP contribution >= 0.6 is 27.7 Å². The molecule has 0 spiro atoms. The fraction of sp³-hybridized carbons (Fsp3) is 0.100. The van der Waals surface area contributed by atoms with Crippen LogP contribution in [-0.4, -0.2) is 14.5 Å². The van der Waals surface area contributed by atoms with Crippen molar-refractivity contribution in [3.05, 3.63) is 88.0 Å². The van der Waals surface area contributed by atoms with Crippen LogP contribution in [0.25, 0.3) is 11.2 Å². The van der Waals surface area contributed by atoms with Crippen LogP contribution in [0.2, 0.25) is 0 Å². The molecule has 0 N–H and O–H groups in total. The summed E-state index contributed by atoms with van der Waals surface area (Å²) in [5.41, 5.74) is 2.54. The van der Waals surface area contributed by atoms with Crippen molar-refractivity contribution in [2.24, 2.45) is 0 Å². The topological polar surface area (TPSA) is 30.7 Å². The minimum atomic E-state index is -0.299. The van der Waals surface area contributed by atoms with Gasteiger partial charge in [-0.2, -0.15) is 0 Å². The summed E-state index contributed by atoms with van der Waals surface area (Å²) in [7, 11) is 0. The first kappa shape index (κ1) is 18.1. The van der Waals surface area contributed by atoms with Crippen LogP contribution in [0.4, 0.5) is 8.78 Å². The highest BCUT2D eigenvalue weighted by Crippen LogP contribution is 2.28. The van der Waals surface area contributed by atoms with Crippen molar-refractivity contribution >= 4 is 38.9 Å². The normalized spacial score (nSPS) is 11.2. The van der Waals surface area contributed by atoms with E-state index in [9.17, 15) is 8.78 Å². The van der Waals surface area contributed by atoms with Gasteiger partial charge in [0.15, 0.2) is 10.8 Å². The molecule has 0 aliphatic rings. The highest BCUT2D eigenvalue weighted by molar-refractivity contribution is 9.10. The Kier molecular flexibility index (Phi) is 5.22. The van der Waals surface area contributed by atoms with Crippen molar-refractivity contribution in [1.82, 2.24) is 14.5 Å². The molecule has 0 saturated carbocycles. The van der Waals surface area contributed by atoms with E-state index in [1.54, 1.807) is 36.5 Å². The molecule has 0 saturated heterocycles. The van der Waals surface area contributed by atoms with Gasteiger partial charge in [-0.3, -0.25) is 4.57 Å². The average molecular weight is 446 g/mol. The molecule has 3 nitrogen and oxygen atoms in total. The van der Waals surface area contributed by atoms with Gasteiger partial charge in [-0.15, -0.1) is 0 Å². The van der Waals surface area contributed by atoms with Crippen LogP contribution in [0.3, 0.4) is 0 Å².